The standard InChI is InChI=1S/C17H25NO3S/c1-3-14(2)18(9-15-6-8-22-13-15)10-16(19)11-20-12-17-5-4-7-21-17/h4-8,13-14,16,19H,3,9-12H2,1-2H3. The van der Waals surface area contributed by atoms with Crippen LogP contribution in [-0.4, -0.2) is 35.3 Å². The molecule has 2 aromatic heterocycles. The first-order chi connectivity index (χ1) is 10.7. The Morgan fingerprint density at radius 1 is 1.41 bits per heavy atom. The summed E-state index contributed by atoms with van der Waals surface area (Å²) >= 11 is 1.71. The molecular formula is C17H25NO3S. The molecule has 0 aliphatic rings. The lowest BCUT2D eigenvalue weighted by Gasteiger charge is -2.30. The third-order valence-corrected chi connectivity index (χ3v) is 4.49. The van der Waals surface area contributed by atoms with Gasteiger partial charge in [-0.3, -0.25) is 4.90 Å². The molecule has 2 rings (SSSR count). The van der Waals surface area contributed by atoms with Gasteiger partial charge in [-0.15, -0.1) is 0 Å². The first-order valence-corrected chi connectivity index (χ1v) is 8.66. The molecule has 0 fully saturated rings. The molecule has 122 valence electrons. The van der Waals surface area contributed by atoms with E-state index in [1.165, 1.54) is 5.56 Å². The summed E-state index contributed by atoms with van der Waals surface area (Å²) in [6, 6.07) is 6.27. The Bertz CT molecular complexity index is 498. The number of furan rings is 1. The molecular weight excluding hydrogens is 298 g/mol. The van der Waals surface area contributed by atoms with Gasteiger partial charge in [0.05, 0.1) is 19.0 Å². The van der Waals surface area contributed by atoms with Crippen molar-refractivity contribution in [2.75, 3.05) is 13.2 Å². The van der Waals surface area contributed by atoms with Crippen LogP contribution in [0.5, 0.6) is 0 Å². The molecule has 0 saturated heterocycles. The Morgan fingerprint density at radius 2 is 2.27 bits per heavy atom. The lowest BCUT2D eigenvalue weighted by molar-refractivity contribution is -0.00269. The fraction of sp³-hybridized carbons (Fsp3) is 0.529. The summed E-state index contributed by atoms with van der Waals surface area (Å²) < 4.78 is 10.7. The summed E-state index contributed by atoms with van der Waals surface area (Å²) in [6.07, 6.45) is 2.19. The summed E-state index contributed by atoms with van der Waals surface area (Å²) in [5, 5.41) is 14.5. The molecule has 5 heteroatoms. The highest BCUT2D eigenvalue weighted by Gasteiger charge is 2.17. The molecule has 4 nitrogen and oxygen atoms in total. The number of hydrogen-bond donors (Lipinski definition) is 1. The van der Waals surface area contributed by atoms with Crippen molar-refractivity contribution in [2.24, 2.45) is 0 Å². The van der Waals surface area contributed by atoms with Crippen LogP contribution in [0, 0.1) is 0 Å². The van der Waals surface area contributed by atoms with E-state index in [1.54, 1.807) is 17.6 Å². The third-order valence-electron chi connectivity index (χ3n) is 3.76. The fourth-order valence-electron chi connectivity index (χ4n) is 2.29. The second-order valence-corrected chi connectivity index (χ2v) is 6.35. The van der Waals surface area contributed by atoms with Gasteiger partial charge in [0, 0.05) is 19.1 Å². The topological polar surface area (TPSA) is 45.8 Å². The highest BCUT2D eigenvalue weighted by molar-refractivity contribution is 7.07. The molecule has 2 unspecified atom stereocenters. The highest BCUT2D eigenvalue weighted by Crippen LogP contribution is 2.14. The van der Waals surface area contributed by atoms with Gasteiger partial charge in [-0.2, -0.15) is 11.3 Å². The van der Waals surface area contributed by atoms with Gasteiger partial charge in [-0.1, -0.05) is 6.92 Å². The summed E-state index contributed by atoms with van der Waals surface area (Å²) in [6.45, 7) is 6.57. The second-order valence-electron chi connectivity index (χ2n) is 5.57. The monoisotopic (exact) mass is 323 g/mol. The molecule has 0 saturated carbocycles. The molecule has 1 N–H and O–H groups in total. The van der Waals surface area contributed by atoms with Crippen LogP contribution < -0.4 is 0 Å². The van der Waals surface area contributed by atoms with Crippen molar-refractivity contribution in [3.05, 3.63) is 46.5 Å². The van der Waals surface area contributed by atoms with Crippen LogP contribution in [0.1, 0.15) is 31.6 Å². The molecule has 0 radical (unpaired) electrons. The van der Waals surface area contributed by atoms with Gasteiger partial charge in [0.25, 0.3) is 0 Å². The fourth-order valence-corrected chi connectivity index (χ4v) is 2.95. The molecule has 22 heavy (non-hydrogen) atoms. The van der Waals surface area contributed by atoms with E-state index in [1.807, 2.05) is 12.1 Å². The van der Waals surface area contributed by atoms with Crippen LogP contribution in [0.15, 0.2) is 39.6 Å². The number of hydrogen-bond acceptors (Lipinski definition) is 5. The van der Waals surface area contributed by atoms with E-state index in [0.717, 1.165) is 18.7 Å². The molecule has 0 aliphatic heterocycles. The Morgan fingerprint density at radius 3 is 2.91 bits per heavy atom. The number of aliphatic hydroxyl groups is 1. The van der Waals surface area contributed by atoms with Crippen LogP contribution in [0.25, 0.3) is 0 Å². The molecule has 0 bridgehead atoms. The SMILES string of the molecule is CCC(C)N(Cc1ccsc1)CC(O)COCc1ccco1. The van der Waals surface area contributed by atoms with Crippen molar-refractivity contribution in [3.63, 3.8) is 0 Å². The summed E-state index contributed by atoms with van der Waals surface area (Å²) in [7, 11) is 0. The van der Waals surface area contributed by atoms with Crippen LogP contribution in [-0.2, 0) is 17.9 Å². The number of aliphatic hydroxyl groups excluding tert-OH is 1. The minimum absolute atomic E-state index is 0.317. The molecule has 0 amide bonds. The third kappa shape index (κ3) is 5.57. The van der Waals surface area contributed by atoms with Gasteiger partial charge in [-0.25, -0.2) is 0 Å². The van der Waals surface area contributed by atoms with Gasteiger partial charge >= 0.3 is 0 Å². The number of rotatable bonds is 10. The van der Waals surface area contributed by atoms with Gasteiger partial charge in [0.15, 0.2) is 0 Å². The molecule has 2 aromatic rings. The van der Waals surface area contributed by atoms with Crippen LogP contribution in [0.2, 0.25) is 0 Å². The molecule has 2 heterocycles. The zero-order chi connectivity index (χ0) is 15.8. The quantitative estimate of drug-likeness (QED) is 0.727. The molecule has 0 aromatic carbocycles. The van der Waals surface area contributed by atoms with E-state index in [2.05, 4.69) is 35.6 Å². The predicted molar refractivity (Wildman–Crippen MR) is 88.9 cm³/mol. The van der Waals surface area contributed by atoms with E-state index in [4.69, 9.17) is 9.15 Å². The van der Waals surface area contributed by atoms with Crippen molar-refractivity contribution < 1.29 is 14.3 Å². The molecule has 0 aliphatic carbocycles. The van der Waals surface area contributed by atoms with Crippen LogP contribution in [0.4, 0.5) is 0 Å². The Hall–Kier alpha value is -1.14. The zero-order valence-electron chi connectivity index (χ0n) is 13.3. The lowest BCUT2D eigenvalue weighted by atomic mass is 10.1. The minimum atomic E-state index is -0.498. The van der Waals surface area contributed by atoms with Crippen molar-refractivity contribution in [2.45, 2.75) is 45.6 Å². The van der Waals surface area contributed by atoms with Crippen molar-refractivity contribution in [1.29, 1.82) is 0 Å². The normalized spacial score (nSPS) is 14.4. The predicted octanol–water partition coefficient (Wildman–Crippen LogP) is 3.52. The first-order valence-electron chi connectivity index (χ1n) is 7.72. The van der Waals surface area contributed by atoms with Crippen LogP contribution >= 0.6 is 11.3 Å². The maximum absolute atomic E-state index is 10.2. The van der Waals surface area contributed by atoms with Crippen molar-refractivity contribution in [1.82, 2.24) is 4.90 Å². The summed E-state index contributed by atoms with van der Waals surface area (Å²) in [5.41, 5.74) is 1.30. The van der Waals surface area contributed by atoms with E-state index >= 15 is 0 Å². The van der Waals surface area contributed by atoms with Crippen LogP contribution in [0.3, 0.4) is 0 Å². The number of nitrogens with zero attached hydrogens (tertiary/aromatic N) is 1. The maximum Gasteiger partial charge on any atom is 0.129 e. The average molecular weight is 323 g/mol. The van der Waals surface area contributed by atoms with Crippen molar-refractivity contribution in [3.8, 4) is 0 Å². The highest BCUT2D eigenvalue weighted by atomic mass is 32.1. The average Bonchev–Trinajstić information content (AvgIpc) is 3.19. The zero-order valence-corrected chi connectivity index (χ0v) is 14.1. The second kappa shape index (κ2) is 9.10. The summed E-state index contributed by atoms with van der Waals surface area (Å²) in [5.74, 6) is 0.782. The van der Waals surface area contributed by atoms with Crippen molar-refractivity contribution >= 4 is 11.3 Å². The largest absolute Gasteiger partial charge is 0.467 e. The van der Waals surface area contributed by atoms with Gasteiger partial charge < -0.3 is 14.3 Å². The van der Waals surface area contributed by atoms with Gasteiger partial charge in [0.2, 0.25) is 0 Å². The maximum atomic E-state index is 10.2. The smallest absolute Gasteiger partial charge is 0.129 e. The van der Waals surface area contributed by atoms with E-state index in [9.17, 15) is 5.11 Å². The Labute approximate surface area is 136 Å². The number of thiophene rings is 1. The Balaban J connectivity index is 1.78. The molecule has 2 atom stereocenters. The van der Waals surface area contributed by atoms with Gasteiger partial charge in [-0.05, 0) is 47.9 Å². The van der Waals surface area contributed by atoms with E-state index in [0.29, 0.717) is 25.8 Å². The Kier molecular flexibility index (Phi) is 7.12. The first kappa shape index (κ1) is 17.2. The van der Waals surface area contributed by atoms with E-state index < -0.39 is 6.10 Å². The van der Waals surface area contributed by atoms with Gasteiger partial charge in [0.1, 0.15) is 12.4 Å². The minimum Gasteiger partial charge on any atom is -0.467 e. The lowest BCUT2D eigenvalue weighted by Crippen LogP contribution is -2.39. The summed E-state index contributed by atoms with van der Waals surface area (Å²) in [4.78, 5) is 2.31. The molecule has 0 spiro atoms. The van der Waals surface area contributed by atoms with E-state index in [-0.39, 0.29) is 0 Å². The number of ether oxygens (including phenoxy) is 1.